The van der Waals surface area contributed by atoms with Crippen LogP contribution in [0.3, 0.4) is 0 Å². The van der Waals surface area contributed by atoms with Crippen LogP contribution in [0, 0.1) is 17.8 Å². The quantitative estimate of drug-likeness (QED) is 0.349. The van der Waals surface area contributed by atoms with E-state index in [9.17, 15) is 9.59 Å². The van der Waals surface area contributed by atoms with E-state index in [0.717, 1.165) is 36.8 Å². The van der Waals surface area contributed by atoms with E-state index < -0.39 is 0 Å². The molecular weight excluding hydrogens is 480 g/mol. The highest BCUT2D eigenvalue weighted by Crippen LogP contribution is 2.51. The minimum atomic E-state index is -0.269. The number of ether oxygens (including phenoxy) is 1. The lowest BCUT2D eigenvalue weighted by Crippen LogP contribution is -2.19. The molecule has 2 aromatic heterocycles. The summed E-state index contributed by atoms with van der Waals surface area (Å²) in [5.41, 5.74) is 4.31. The van der Waals surface area contributed by atoms with E-state index in [1.807, 2.05) is 32.9 Å². The number of hydrogen-bond donors (Lipinski definition) is 1. The number of pyridine rings is 1. The first-order valence-electron chi connectivity index (χ1n) is 13.6. The lowest BCUT2D eigenvalue weighted by molar-refractivity contribution is -0.118. The first-order chi connectivity index (χ1) is 18.3. The first kappa shape index (κ1) is 24.9. The Bertz CT molecular complexity index is 1360. The summed E-state index contributed by atoms with van der Waals surface area (Å²) in [5.74, 6) is 2.06. The molecule has 198 valence electrons. The van der Waals surface area contributed by atoms with Gasteiger partial charge in [0.1, 0.15) is 5.82 Å². The third-order valence-electron chi connectivity index (χ3n) is 8.20. The predicted octanol–water partition coefficient (Wildman–Crippen LogP) is 5.34. The normalized spacial score (nSPS) is 24.3. The van der Waals surface area contributed by atoms with Gasteiger partial charge in [0.25, 0.3) is 5.89 Å². The van der Waals surface area contributed by atoms with Crippen molar-refractivity contribution >= 4 is 17.5 Å². The number of carbonyl (C=O) groups is 2. The minimum Gasteiger partial charge on any atom is -0.381 e. The van der Waals surface area contributed by atoms with Crippen molar-refractivity contribution in [2.75, 3.05) is 18.5 Å². The van der Waals surface area contributed by atoms with Gasteiger partial charge in [0.05, 0.1) is 13.2 Å². The molecule has 4 atom stereocenters. The van der Waals surface area contributed by atoms with Crippen molar-refractivity contribution in [3.8, 4) is 11.1 Å². The third-order valence-corrected chi connectivity index (χ3v) is 8.20. The maximum atomic E-state index is 13.1. The second-order valence-corrected chi connectivity index (χ2v) is 12.0. The Morgan fingerprint density at radius 3 is 2.61 bits per heavy atom. The summed E-state index contributed by atoms with van der Waals surface area (Å²) in [5, 5.41) is 7.03. The molecule has 1 amide bonds. The van der Waals surface area contributed by atoms with Crippen LogP contribution >= 0.6 is 0 Å². The van der Waals surface area contributed by atoms with Gasteiger partial charge in [-0.3, -0.25) is 9.59 Å². The number of anilines is 1. The fraction of sp³-hybridized carbons (Fsp3) is 0.500. The van der Waals surface area contributed by atoms with Crippen molar-refractivity contribution in [3.63, 3.8) is 0 Å². The van der Waals surface area contributed by atoms with Crippen molar-refractivity contribution in [2.24, 2.45) is 17.8 Å². The largest absolute Gasteiger partial charge is 0.381 e. The zero-order valence-electron chi connectivity index (χ0n) is 22.2. The summed E-state index contributed by atoms with van der Waals surface area (Å²) >= 11 is 0. The number of ketones is 1. The van der Waals surface area contributed by atoms with Crippen molar-refractivity contribution in [1.82, 2.24) is 15.1 Å². The van der Waals surface area contributed by atoms with E-state index in [-0.39, 0.29) is 34.8 Å². The van der Waals surface area contributed by atoms with Gasteiger partial charge in [0, 0.05) is 24.0 Å². The summed E-state index contributed by atoms with van der Waals surface area (Å²) in [4.78, 5) is 34.5. The zero-order valence-corrected chi connectivity index (χ0v) is 22.2. The third kappa shape index (κ3) is 4.89. The number of aryl methyl sites for hydroxylation is 1. The summed E-state index contributed by atoms with van der Waals surface area (Å²) in [7, 11) is 0. The number of benzene rings is 1. The lowest BCUT2D eigenvalue weighted by atomic mass is 9.87. The highest BCUT2D eigenvalue weighted by molar-refractivity contribution is 5.95. The molecule has 1 N–H and O–H groups in total. The van der Waals surface area contributed by atoms with Gasteiger partial charge in [0.2, 0.25) is 11.7 Å². The molecule has 1 saturated carbocycles. The highest BCUT2D eigenvalue weighted by atomic mass is 16.5. The molecule has 6 rings (SSSR count). The molecule has 3 aliphatic rings. The van der Waals surface area contributed by atoms with Gasteiger partial charge in [-0.1, -0.05) is 50.5 Å². The molecule has 0 spiro atoms. The molecule has 38 heavy (non-hydrogen) atoms. The molecule has 0 bridgehead atoms. The molecule has 0 radical (unpaired) electrons. The van der Waals surface area contributed by atoms with Crippen molar-refractivity contribution < 1.29 is 18.8 Å². The Labute approximate surface area is 222 Å². The minimum absolute atomic E-state index is 0.0401. The van der Waals surface area contributed by atoms with Crippen molar-refractivity contribution in [1.29, 1.82) is 0 Å². The molecule has 3 heterocycles. The Morgan fingerprint density at radius 2 is 1.84 bits per heavy atom. The van der Waals surface area contributed by atoms with Gasteiger partial charge < -0.3 is 14.6 Å². The van der Waals surface area contributed by atoms with Crippen LogP contribution in [-0.4, -0.2) is 40.0 Å². The number of carbonyl (C=O) groups excluding carboxylic acids is 2. The Hall–Kier alpha value is -3.39. The van der Waals surface area contributed by atoms with Crippen molar-refractivity contribution in [2.45, 2.75) is 64.2 Å². The number of aromatic nitrogens is 3. The van der Waals surface area contributed by atoms with E-state index in [0.29, 0.717) is 43.1 Å². The number of nitrogens with zero attached hydrogens (tertiary/aromatic N) is 3. The van der Waals surface area contributed by atoms with Crippen molar-refractivity contribution in [3.05, 3.63) is 59.4 Å². The SMILES string of the molecule is CC(C)(C)c1noc(C(=O)C[C@@H]2CCCCc3cc(-c4ccnc(NC(=O)C5[C@H]6COC[C@@H]56)c4)ccc32)n1. The van der Waals surface area contributed by atoms with Crippen LogP contribution in [-0.2, 0) is 21.4 Å². The summed E-state index contributed by atoms with van der Waals surface area (Å²) in [6.45, 7) is 7.36. The topological polar surface area (TPSA) is 107 Å². The maximum Gasteiger partial charge on any atom is 0.294 e. The van der Waals surface area contributed by atoms with Gasteiger partial charge in [-0.2, -0.15) is 4.98 Å². The van der Waals surface area contributed by atoms with Crippen LogP contribution in [0.1, 0.15) is 80.0 Å². The van der Waals surface area contributed by atoms with E-state index in [1.54, 1.807) is 6.20 Å². The van der Waals surface area contributed by atoms with Crippen LogP contribution in [0.5, 0.6) is 0 Å². The predicted molar refractivity (Wildman–Crippen MR) is 142 cm³/mol. The molecule has 2 fully saturated rings. The van der Waals surface area contributed by atoms with Gasteiger partial charge in [-0.25, -0.2) is 4.98 Å². The summed E-state index contributed by atoms with van der Waals surface area (Å²) < 4.78 is 10.7. The van der Waals surface area contributed by atoms with Crippen LogP contribution in [0.25, 0.3) is 11.1 Å². The number of nitrogens with one attached hydrogen (secondary N) is 1. The van der Waals surface area contributed by atoms with Gasteiger partial charge in [0.15, 0.2) is 5.82 Å². The van der Waals surface area contributed by atoms with Crippen LogP contribution in [0.2, 0.25) is 0 Å². The number of amides is 1. The summed E-state index contributed by atoms with van der Waals surface area (Å²) in [6.07, 6.45) is 6.18. The Kier molecular flexibility index (Phi) is 6.38. The second kappa shape index (κ2) is 9.73. The smallest absolute Gasteiger partial charge is 0.294 e. The average molecular weight is 515 g/mol. The van der Waals surface area contributed by atoms with Gasteiger partial charge in [-0.15, -0.1) is 0 Å². The van der Waals surface area contributed by atoms with E-state index in [1.165, 1.54) is 11.1 Å². The molecule has 1 unspecified atom stereocenters. The highest BCUT2D eigenvalue weighted by Gasteiger charge is 2.58. The zero-order chi connectivity index (χ0) is 26.4. The van der Waals surface area contributed by atoms with Crippen LogP contribution in [0.4, 0.5) is 5.82 Å². The maximum absolute atomic E-state index is 13.1. The number of fused-ring (bicyclic) bond motifs is 2. The molecule has 1 saturated heterocycles. The number of Topliss-reactive ketones (excluding diaryl/α,β-unsaturated/α-hetero) is 1. The standard InChI is InChI=1S/C30H34N4O4/c1-30(2,3)29-33-28(38-34-29)24(35)13-20-7-5-4-6-19-12-17(8-9-21(19)20)18-10-11-31-25(14-18)32-27(36)26-22-15-37-16-23(22)26/h8-12,14,20,22-23,26H,4-7,13,15-16H2,1-3H3,(H,31,32,36)/t20-,22-,23+,26?/m0/s1. The molecule has 3 aromatic rings. The van der Waals surface area contributed by atoms with E-state index >= 15 is 0 Å². The second-order valence-electron chi connectivity index (χ2n) is 12.0. The number of rotatable bonds is 6. The van der Waals surface area contributed by atoms with E-state index in [4.69, 9.17) is 9.26 Å². The van der Waals surface area contributed by atoms with E-state index in [2.05, 4.69) is 38.6 Å². The molecule has 8 nitrogen and oxygen atoms in total. The fourth-order valence-corrected chi connectivity index (χ4v) is 5.94. The molecule has 2 aliphatic carbocycles. The Balaban J connectivity index is 1.18. The summed E-state index contributed by atoms with van der Waals surface area (Å²) in [6, 6.07) is 10.4. The Morgan fingerprint density at radius 1 is 1.05 bits per heavy atom. The van der Waals surface area contributed by atoms with Crippen LogP contribution in [0.15, 0.2) is 41.1 Å². The average Bonchev–Trinajstić information content (AvgIpc) is 3.19. The first-order valence-corrected chi connectivity index (χ1v) is 13.6. The molecule has 1 aromatic carbocycles. The lowest BCUT2D eigenvalue weighted by Gasteiger charge is -2.17. The van der Waals surface area contributed by atoms with Crippen LogP contribution < -0.4 is 5.32 Å². The molecule has 8 heteroatoms. The molecular formula is C30H34N4O4. The fourth-order valence-electron chi connectivity index (χ4n) is 5.94. The van der Waals surface area contributed by atoms with Gasteiger partial charge in [-0.05, 0) is 71.4 Å². The monoisotopic (exact) mass is 514 g/mol. The molecule has 1 aliphatic heterocycles. The number of hydrogen-bond acceptors (Lipinski definition) is 7. The van der Waals surface area contributed by atoms with Gasteiger partial charge >= 0.3 is 0 Å².